The second-order valence-electron chi connectivity index (χ2n) is 8.63. The van der Waals surface area contributed by atoms with Crippen molar-refractivity contribution in [3.05, 3.63) is 46.9 Å². The Labute approximate surface area is 175 Å². The van der Waals surface area contributed by atoms with Crippen LogP contribution in [0.5, 0.6) is 0 Å². The first-order valence-corrected chi connectivity index (χ1v) is 10.2. The number of halogens is 5. The summed E-state index contributed by atoms with van der Waals surface area (Å²) in [5.41, 5.74) is -0.0685. The first kappa shape index (κ1) is 21.7. The normalized spacial score (nSPS) is 21.5. The van der Waals surface area contributed by atoms with E-state index in [1.165, 1.54) is 0 Å². The van der Waals surface area contributed by atoms with Gasteiger partial charge in [-0.05, 0) is 36.8 Å². The first-order chi connectivity index (χ1) is 14.6. The maximum atomic E-state index is 14.1. The lowest BCUT2D eigenvalue weighted by atomic mass is 9.96. The van der Waals surface area contributed by atoms with Crippen molar-refractivity contribution in [3.63, 3.8) is 0 Å². The van der Waals surface area contributed by atoms with Crippen LogP contribution >= 0.6 is 0 Å². The van der Waals surface area contributed by atoms with Crippen LogP contribution in [-0.4, -0.2) is 39.5 Å². The molecule has 4 rings (SSSR count). The fourth-order valence-electron chi connectivity index (χ4n) is 4.01. The molecule has 0 radical (unpaired) electrons. The number of amides is 1. The lowest BCUT2D eigenvalue weighted by molar-refractivity contribution is -0.134. The number of hydrogen-bond donors (Lipinski definition) is 0. The van der Waals surface area contributed by atoms with Gasteiger partial charge in [0.2, 0.25) is 11.8 Å². The second kappa shape index (κ2) is 8.20. The molecule has 2 atom stereocenters. The molecule has 2 fully saturated rings. The number of nitrogens with zero attached hydrogens (tertiary/aromatic N) is 3. The van der Waals surface area contributed by atoms with Crippen LogP contribution in [-0.2, 0) is 17.6 Å². The van der Waals surface area contributed by atoms with E-state index in [2.05, 4.69) is 10.1 Å². The average Bonchev–Trinajstić information content (AvgIpc) is 3.34. The van der Waals surface area contributed by atoms with Crippen LogP contribution in [0.15, 0.2) is 16.7 Å². The quantitative estimate of drug-likeness (QED) is 0.470. The van der Waals surface area contributed by atoms with Crippen LogP contribution in [0.3, 0.4) is 0 Å². The van der Waals surface area contributed by atoms with Crippen LogP contribution in [0.4, 0.5) is 22.0 Å². The van der Waals surface area contributed by atoms with E-state index in [0.717, 1.165) is 23.8 Å². The van der Waals surface area contributed by atoms with Gasteiger partial charge in [-0.15, -0.1) is 0 Å². The summed E-state index contributed by atoms with van der Waals surface area (Å²) in [7, 11) is 0. The largest absolute Gasteiger partial charge is 0.339 e. The van der Waals surface area contributed by atoms with Crippen molar-refractivity contribution in [2.45, 2.75) is 63.3 Å². The molecule has 0 spiro atoms. The number of carbonyl (C=O) groups is 1. The van der Waals surface area contributed by atoms with Crippen LogP contribution in [0.2, 0.25) is 0 Å². The van der Waals surface area contributed by atoms with E-state index in [1.807, 2.05) is 0 Å². The molecular formula is C21H22F5N3O2. The number of alkyl halides is 2. The third-order valence-electron chi connectivity index (χ3n) is 5.71. The third kappa shape index (κ3) is 5.04. The van der Waals surface area contributed by atoms with Gasteiger partial charge in [-0.1, -0.05) is 12.1 Å². The van der Waals surface area contributed by atoms with Gasteiger partial charge in [0.05, 0.1) is 6.54 Å². The van der Waals surface area contributed by atoms with E-state index in [1.54, 1.807) is 6.92 Å². The summed E-state index contributed by atoms with van der Waals surface area (Å²) in [4.78, 5) is 18.1. The lowest BCUT2D eigenvalue weighted by Crippen LogP contribution is -2.38. The lowest BCUT2D eigenvalue weighted by Gasteiger charge is -2.24. The fourth-order valence-corrected chi connectivity index (χ4v) is 4.01. The number of rotatable bonds is 7. The van der Waals surface area contributed by atoms with Gasteiger partial charge in [-0.25, -0.2) is 22.0 Å². The van der Waals surface area contributed by atoms with Crippen LogP contribution in [0.25, 0.3) is 0 Å². The average molecular weight is 443 g/mol. The Morgan fingerprint density at radius 3 is 2.65 bits per heavy atom. The van der Waals surface area contributed by atoms with Crippen molar-refractivity contribution < 1.29 is 31.3 Å². The summed E-state index contributed by atoms with van der Waals surface area (Å²) >= 11 is 0. The Hall–Kier alpha value is -2.52. The SMILES string of the molecule is C[C@@H](CC(=O)N1CC(F)(F)C[C@H]1Cc1nc(C2CC2)no1)Cc1cc(F)c(F)cc1F. The highest BCUT2D eigenvalue weighted by Gasteiger charge is 2.47. The molecule has 31 heavy (non-hydrogen) atoms. The molecule has 10 heteroatoms. The standard InChI is InChI=1S/C21H22F5N3O2/c1-11(4-13-6-16(23)17(24)8-15(13)22)5-19(30)29-10-21(25,26)9-14(29)7-18-27-20(28-31-18)12-2-3-12/h6,8,11-12,14H,2-5,7,9-10H2,1H3/t11-,14-/m1/s1. The van der Waals surface area contributed by atoms with Crippen molar-refractivity contribution in [1.82, 2.24) is 15.0 Å². The zero-order valence-electron chi connectivity index (χ0n) is 16.9. The van der Waals surface area contributed by atoms with Crippen LogP contribution in [0.1, 0.15) is 55.8 Å². The number of aromatic nitrogens is 2. The predicted molar refractivity (Wildman–Crippen MR) is 98.8 cm³/mol. The molecule has 0 N–H and O–H groups in total. The molecule has 1 saturated carbocycles. The minimum Gasteiger partial charge on any atom is -0.339 e. The fraction of sp³-hybridized carbons (Fsp3) is 0.571. The Kier molecular flexibility index (Phi) is 5.74. The van der Waals surface area contributed by atoms with Gasteiger partial charge >= 0.3 is 0 Å². The van der Waals surface area contributed by atoms with E-state index in [-0.39, 0.29) is 36.6 Å². The molecule has 5 nitrogen and oxygen atoms in total. The monoisotopic (exact) mass is 443 g/mol. The Bertz CT molecular complexity index is 976. The van der Waals surface area contributed by atoms with Gasteiger partial charge in [-0.2, -0.15) is 4.98 Å². The molecule has 0 unspecified atom stereocenters. The van der Waals surface area contributed by atoms with Gasteiger partial charge in [-0.3, -0.25) is 4.79 Å². The number of likely N-dealkylation sites (tertiary alicyclic amines) is 1. The molecule has 2 heterocycles. The molecule has 1 aromatic heterocycles. The molecule has 168 valence electrons. The molecule has 1 aromatic carbocycles. The zero-order chi connectivity index (χ0) is 22.3. The summed E-state index contributed by atoms with van der Waals surface area (Å²) in [6.07, 6.45) is 1.31. The van der Waals surface area contributed by atoms with Crippen molar-refractivity contribution in [1.29, 1.82) is 0 Å². The summed E-state index contributed by atoms with van der Waals surface area (Å²) < 4.78 is 73.7. The van der Waals surface area contributed by atoms with Gasteiger partial charge in [0.25, 0.3) is 5.92 Å². The third-order valence-corrected chi connectivity index (χ3v) is 5.71. The molecule has 1 amide bonds. The van der Waals surface area contributed by atoms with Crippen molar-refractivity contribution in [2.75, 3.05) is 6.54 Å². The van der Waals surface area contributed by atoms with Crippen LogP contribution in [0, 0.1) is 23.4 Å². The molecule has 0 bridgehead atoms. The minimum absolute atomic E-state index is 0.0297. The van der Waals surface area contributed by atoms with Gasteiger partial charge in [0.15, 0.2) is 17.5 Å². The summed E-state index contributed by atoms with van der Waals surface area (Å²) in [6.45, 7) is 0.911. The summed E-state index contributed by atoms with van der Waals surface area (Å²) in [5.74, 6) is -6.35. The van der Waals surface area contributed by atoms with Gasteiger partial charge in [0, 0.05) is 37.3 Å². The predicted octanol–water partition coefficient (Wildman–Crippen LogP) is 4.41. The number of carbonyl (C=O) groups excluding carboxylic acids is 1. The van der Waals surface area contributed by atoms with Gasteiger partial charge < -0.3 is 9.42 Å². The Balaban J connectivity index is 1.40. The maximum Gasteiger partial charge on any atom is 0.267 e. The number of hydrogen-bond acceptors (Lipinski definition) is 4. The highest BCUT2D eigenvalue weighted by molar-refractivity contribution is 5.77. The molecule has 2 aliphatic rings. The molecule has 2 aromatic rings. The minimum atomic E-state index is -3.03. The smallest absolute Gasteiger partial charge is 0.267 e. The first-order valence-electron chi connectivity index (χ1n) is 10.2. The summed E-state index contributed by atoms with van der Waals surface area (Å²) in [5, 5.41) is 3.87. The summed E-state index contributed by atoms with van der Waals surface area (Å²) in [6, 6.07) is 0.421. The van der Waals surface area contributed by atoms with E-state index < -0.39 is 54.2 Å². The molecule has 1 saturated heterocycles. The van der Waals surface area contributed by atoms with E-state index in [9.17, 15) is 26.7 Å². The van der Waals surface area contributed by atoms with E-state index in [0.29, 0.717) is 11.9 Å². The highest BCUT2D eigenvalue weighted by Crippen LogP contribution is 2.39. The van der Waals surface area contributed by atoms with Crippen LogP contribution < -0.4 is 0 Å². The highest BCUT2D eigenvalue weighted by atomic mass is 19.3. The zero-order valence-corrected chi connectivity index (χ0v) is 16.9. The van der Waals surface area contributed by atoms with E-state index in [4.69, 9.17) is 4.52 Å². The van der Waals surface area contributed by atoms with E-state index >= 15 is 0 Å². The second-order valence-corrected chi connectivity index (χ2v) is 8.63. The topological polar surface area (TPSA) is 59.2 Å². The Morgan fingerprint density at radius 1 is 1.23 bits per heavy atom. The van der Waals surface area contributed by atoms with Crippen molar-refractivity contribution in [2.24, 2.45) is 5.92 Å². The molecule has 1 aliphatic carbocycles. The maximum absolute atomic E-state index is 14.1. The van der Waals surface area contributed by atoms with Crippen molar-refractivity contribution in [3.8, 4) is 0 Å². The van der Waals surface area contributed by atoms with Gasteiger partial charge in [0.1, 0.15) is 5.82 Å². The Morgan fingerprint density at radius 2 is 1.94 bits per heavy atom. The number of benzene rings is 1. The molecular weight excluding hydrogens is 421 g/mol. The van der Waals surface area contributed by atoms with Crippen molar-refractivity contribution >= 4 is 5.91 Å². The molecule has 1 aliphatic heterocycles.